The normalized spacial score (nSPS) is 10.8. The summed E-state index contributed by atoms with van der Waals surface area (Å²) in [4.78, 5) is 0. The Morgan fingerprint density at radius 1 is 1.33 bits per heavy atom. The van der Waals surface area contributed by atoms with Gasteiger partial charge in [0.1, 0.15) is 6.61 Å². The van der Waals surface area contributed by atoms with E-state index in [4.69, 9.17) is 38.4 Å². The standard InChI is InChI=1S/C14H17Cl2N3O2/c1-8-13(16)11(19(2)18-8)7-21-14-10(15)4-9(6-17)5-12(14)20-3/h4-5H,6-7,17H2,1-3H3. The first-order chi connectivity index (χ1) is 9.97. The maximum Gasteiger partial charge on any atom is 0.180 e. The first kappa shape index (κ1) is 15.9. The number of rotatable bonds is 5. The summed E-state index contributed by atoms with van der Waals surface area (Å²) in [6.07, 6.45) is 0. The van der Waals surface area contributed by atoms with Gasteiger partial charge in [0.15, 0.2) is 11.5 Å². The van der Waals surface area contributed by atoms with Gasteiger partial charge in [0.2, 0.25) is 0 Å². The molecule has 1 heterocycles. The highest BCUT2D eigenvalue weighted by molar-refractivity contribution is 6.32. The minimum atomic E-state index is 0.244. The van der Waals surface area contributed by atoms with Crippen LogP contribution in [0.25, 0.3) is 0 Å². The van der Waals surface area contributed by atoms with Gasteiger partial charge in [0, 0.05) is 13.6 Å². The molecule has 0 spiro atoms. The maximum atomic E-state index is 6.23. The Kier molecular flexibility index (Phi) is 4.98. The third-order valence-electron chi connectivity index (χ3n) is 3.14. The minimum Gasteiger partial charge on any atom is -0.493 e. The molecule has 2 N–H and O–H groups in total. The summed E-state index contributed by atoms with van der Waals surface area (Å²) in [5, 5.41) is 5.28. The lowest BCUT2D eigenvalue weighted by Crippen LogP contribution is -2.05. The molecule has 21 heavy (non-hydrogen) atoms. The summed E-state index contributed by atoms with van der Waals surface area (Å²) in [6, 6.07) is 3.56. The van der Waals surface area contributed by atoms with Crippen LogP contribution in [0.1, 0.15) is 17.0 Å². The Hall–Kier alpha value is -1.43. The van der Waals surface area contributed by atoms with E-state index in [1.807, 2.05) is 14.0 Å². The van der Waals surface area contributed by atoms with Crippen molar-refractivity contribution in [2.24, 2.45) is 12.8 Å². The van der Waals surface area contributed by atoms with Gasteiger partial charge in [-0.2, -0.15) is 5.10 Å². The zero-order chi connectivity index (χ0) is 15.6. The lowest BCUT2D eigenvalue weighted by molar-refractivity contribution is 0.276. The molecule has 2 rings (SSSR count). The lowest BCUT2D eigenvalue weighted by Gasteiger charge is -2.14. The molecule has 0 bridgehead atoms. The number of benzene rings is 1. The molecule has 2 aromatic rings. The van der Waals surface area contributed by atoms with E-state index in [0.717, 1.165) is 17.0 Å². The number of nitrogens with zero attached hydrogens (tertiary/aromatic N) is 2. The number of aryl methyl sites for hydroxylation is 2. The zero-order valence-corrected chi connectivity index (χ0v) is 13.6. The van der Waals surface area contributed by atoms with E-state index in [9.17, 15) is 0 Å². The second-order valence-electron chi connectivity index (χ2n) is 4.57. The molecule has 0 aliphatic carbocycles. The predicted molar refractivity (Wildman–Crippen MR) is 83.2 cm³/mol. The van der Waals surface area contributed by atoms with E-state index in [2.05, 4.69) is 5.10 Å². The van der Waals surface area contributed by atoms with Gasteiger partial charge in [-0.3, -0.25) is 4.68 Å². The molecule has 0 radical (unpaired) electrons. The van der Waals surface area contributed by atoms with Crippen LogP contribution >= 0.6 is 23.2 Å². The largest absolute Gasteiger partial charge is 0.493 e. The van der Waals surface area contributed by atoms with Crippen molar-refractivity contribution in [3.05, 3.63) is 39.1 Å². The highest BCUT2D eigenvalue weighted by Gasteiger charge is 2.16. The number of halogens is 2. The highest BCUT2D eigenvalue weighted by atomic mass is 35.5. The molecule has 0 fully saturated rings. The molecular formula is C14H17Cl2N3O2. The van der Waals surface area contributed by atoms with Gasteiger partial charge in [0.05, 0.1) is 28.5 Å². The van der Waals surface area contributed by atoms with Crippen molar-refractivity contribution in [3.8, 4) is 11.5 Å². The van der Waals surface area contributed by atoms with Gasteiger partial charge >= 0.3 is 0 Å². The first-order valence-electron chi connectivity index (χ1n) is 6.35. The van der Waals surface area contributed by atoms with Crippen molar-refractivity contribution in [2.45, 2.75) is 20.1 Å². The topological polar surface area (TPSA) is 62.3 Å². The van der Waals surface area contributed by atoms with Crippen LogP contribution in [0.2, 0.25) is 10.0 Å². The van der Waals surface area contributed by atoms with Crippen LogP contribution in [0.15, 0.2) is 12.1 Å². The summed E-state index contributed by atoms with van der Waals surface area (Å²) >= 11 is 12.4. The van der Waals surface area contributed by atoms with Crippen LogP contribution in [0.4, 0.5) is 0 Å². The summed E-state index contributed by atoms with van der Waals surface area (Å²) in [7, 11) is 3.37. The van der Waals surface area contributed by atoms with Crippen LogP contribution < -0.4 is 15.2 Å². The molecule has 0 saturated carbocycles. The van der Waals surface area contributed by atoms with Gasteiger partial charge in [-0.15, -0.1) is 0 Å². The number of hydrogen-bond donors (Lipinski definition) is 1. The van der Waals surface area contributed by atoms with E-state index in [-0.39, 0.29) is 6.61 Å². The smallest absolute Gasteiger partial charge is 0.180 e. The molecule has 7 heteroatoms. The van der Waals surface area contributed by atoms with Gasteiger partial charge < -0.3 is 15.2 Å². The summed E-state index contributed by atoms with van der Waals surface area (Å²) in [5.41, 5.74) is 8.02. The Bertz CT molecular complexity index is 656. The lowest BCUT2D eigenvalue weighted by atomic mass is 10.2. The van der Waals surface area contributed by atoms with Crippen LogP contribution in [0.5, 0.6) is 11.5 Å². The Morgan fingerprint density at radius 3 is 2.57 bits per heavy atom. The zero-order valence-electron chi connectivity index (χ0n) is 12.1. The molecule has 1 aromatic carbocycles. The van der Waals surface area contributed by atoms with E-state index in [1.165, 1.54) is 0 Å². The molecule has 0 atom stereocenters. The minimum absolute atomic E-state index is 0.244. The Morgan fingerprint density at radius 2 is 2.05 bits per heavy atom. The number of nitrogens with two attached hydrogens (primary N) is 1. The fraction of sp³-hybridized carbons (Fsp3) is 0.357. The molecular weight excluding hydrogens is 313 g/mol. The maximum absolute atomic E-state index is 6.23. The second kappa shape index (κ2) is 6.56. The van der Waals surface area contributed by atoms with Crippen molar-refractivity contribution in [3.63, 3.8) is 0 Å². The van der Waals surface area contributed by atoms with Crippen LogP contribution in [-0.2, 0) is 20.2 Å². The third kappa shape index (κ3) is 3.26. The van der Waals surface area contributed by atoms with Crippen LogP contribution in [0.3, 0.4) is 0 Å². The van der Waals surface area contributed by atoms with Crippen molar-refractivity contribution in [1.82, 2.24) is 9.78 Å². The number of aromatic nitrogens is 2. The van der Waals surface area contributed by atoms with Gasteiger partial charge in [0.25, 0.3) is 0 Å². The van der Waals surface area contributed by atoms with Gasteiger partial charge in [-0.25, -0.2) is 0 Å². The van der Waals surface area contributed by atoms with E-state index >= 15 is 0 Å². The Labute approximate surface area is 133 Å². The van der Waals surface area contributed by atoms with E-state index in [0.29, 0.717) is 28.1 Å². The van der Waals surface area contributed by atoms with Crippen LogP contribution in [-0.4, -0.2) is 16.9 Å². The van der Waals surface area contributed by atoms with E-state index < -0.39 is 0 Å². The van der Waals surface area contributed by atoms with E-state index in [1.54, 1.807) is 23.9 Å². The molecule has 0 aliphatic rings. The number of ether oxygens (including phenoxy) is 2. The van der Waals surface area contributed by atoms with Crippen molar-refractivity contribution < 1.29 is 9.47 Å². The second-order valence-corrected chi connectivity index (χ2v) is 5.36. The molecule has 0 unspecified atom stereocenters. The predicted octanol–water partition coefficient (Wildman–Crippen LogP) is 3.08. The molecule has 1 aromatic heterocycles. The van der Waals surface area contributed by atoms with Gasteiger partial charge in [-0.1, -0.05) is 23.2 Å². The number of hydrogen-bond acceptors (Lipinski definition) is 4. The third-order valence-corrected chi connectivity index (χ3v) is 3.91. The van der Waals surface area contributed by atoms with Crippen molar-refractivity contribution in [1.29, 1.82) is 0 Å². The Balaban J connectivity index is 2.27. The fourth-order valence-electron chi connectivity index (χ4n) is 2.01. The summed E-state index contributed by atoms with van der Waals surface area (Å²) in [5.74, 6) is 1.00. The monoisotopic (exact) mass is 329 g/mol. The molecule has 114 valence electrons. The average Bonchev–Trinajstić information content (AvgIpc) is 2.70. The highest BCUT2D eigenvalue weighted by Crippen LogP contribution is 2.37. The molecule has 0 amide bonds. The molecule has 5 nitrogen and oxygen atoms in total. The van der Waals surface area contributed by atoms with Crippen LogP contribution in [0, 0.1) is 6.92 Å². The van der Waals surface area contributed by atoms with Gasteiger partial charge in [-0.05, 0) is 24.6 Å². The van der Waals surface area contributed by atoms with Crippen molar-refractivity contribution >= 4 is 23.2 Å². The number of methoxy groups -OCH3 is 1. The SMILES string of the molecule is COc1cc(CN)cc(Cl)c1OCc1c(Cl)c(C)nn1C. The summed E-state index contributed by atoms with van der Waals surface area (Å²) in [6.45, 7) is 2.47. The average molecular weight is 330 g/mol. The molecule has 0 aliphatic heterocycles. The quantitative estimate of drug-likeness (QED) is 0.915. The fourth-order valence-corrected chi connectivity index (χ4v) is 2.51. The molecule has 0 saturated heterocycles. The first-order valence-corrected chi connectivity index (χ1v) is 7.10. The summed E-state index contributed by atoms with van der Waals surface area (Å²) < 4.78 is 12.8. The van der Waals surface area contributed by atoms with Crippen molar-refractivity contribution in [2.75, 3.05) is 7.11 Å².